The zero-order chi connectivity index (χ0) is 14.1. The third kappa shape index (κ3) is 2.45. The molecule has 0 bridgehead atoms. The number of hydrogen-bond acceptors (Lipinski definition) is 3. The lowest BCUT2D eigenvalue weighted by molar-refractivity contribution is 0.247. The molecule has 0 aromatic carbocycles. The van der Waals surface area contributed by atoms with Crippen LogP contribution in [0.4, 0.5) is 0 Å². The fourth-order valence-corrected chi connectivity index (χ4v) is 3.39. The van der Waals surface area contributed by atoms with Crippen LogP contribution < -0.4 is 0 Å². The third-order valence-electron chi connectivity index (χ3n) is 4.00. The molecule has 20 heavy (non-hydrogen) atoms. The van der Waals surface area contributed by atoms with E-state index in [1.165, 1.54) is 17.5 Å². The van der Waals surface area contributed by atoms with Gasteiger partial charge in [0.25, 0.3) is 0 Å². The van der Waals surface area contributed by atoms with Crippen molar-refractivity contribution in [1.29, 1.82) is 0 Å². The minimum absolute atomic E-state index is 0.372. The Labute approximate surface area is 124 Å². The first-order valence-electron chi connectivity index (χ1n) is 6.98. The van der Waals surface area contributed by atoms with Gasteiger partial charge in [-0.3, -0.25) is 14.6 Å². The van der Waals surface area contributed by atoms with Crippen LogP contribution >= 0.6 is 11.6 Å². The van der Waals surface area contributed by atoms with E-state index in [4.69, 9.17) is 11.6 Å². The molecule has 106 valence electrons. The summed E-state index contributed by atoms with van der Waals surface area (Å²) in [6, 6.07) is 4.49. The molecule has 0 N–H and O–H groups in total. The Balaban J connectivity index is 1.85. The van der Waals surface area contributed by atoms with Crippen molar-refractivity contribution in [2.45, 2.75) is 32.4 Å². The minimum Gasteiger partial charge on any atom is -0.292 e. The molecule has 0 saturated carbocycles. The van der Waals surface area contributed by atoms with Gasteiger partial charge in [0.05, 0.1) is 5.69 Å². The molecule has 2 aromatic heterocycles. The van der Waals surface area contributed by atoms with E-state index in [0.717, 1.165) is 30.4 Å². The second-order valence-corrected chi connectivity index (χ2v) is 5.76. The van der Waals surface area contributed by atoms with Gasteiger partial charge in [0.1, 0.15) is 5.15 Å². The molecule has 1 fully saturated rings. The predicted octanol–water partition coefficient (Wildman–Crippen LogP) is 3.11. The summed E-state index contributed by atoms with van der Waals surface area (Å²) >= 11 is 6.42. The van der Waals surface area contributed by atoms with Crippen molar-refractivity contribution >= 4 is 11.6 Å². The Kier molecular flexibility index (Phi) is 3.76. The maximum Gasteiger partial charge on any atom is 0.131 e. The fourth-order valence-electron chi connectivity index (χ4n) is 3.09. The Hall–Kier alpha value is -1.39. The van der Waals surface area contributed by atoms with Crippen LogP contribution in [-0.2, 0) is 13.6 Å². The van der Waals surface area contributed by atoms with Gasteiger partial charge in [-0.2, -0.15) is 5.10 Å². The maximum absolute atomic E-state index is 6.42. The van der Waals surface area contributed by atoms with Crippen molar-refractivity contribution < 1.29 is 0 Å². The highest BCUT2D eigenvalue weighted by atomic mass is 35.5. The molecule has 0 radical (unpaired) electrons. The van der Waals surface area contributed by atoms with E-state index < -0.39 is 0 Å². The van der Waals surface area contributed by atoms with Gasteiger partial charge < -0.3 is 0 Å². The van der Waals surface area contributed by atoms with E-state index in [0.29, 0.717) is 6.04 Å². The Morgan fingerprint density at radius 1 is 1.45 bits per heavy atom. The number of hydrogen-bond donors (Lipinski definition) is 0. The van der Waals surface area contributed by atoms with Crippen molar-refractivity contribution in [2.75, 3.05) is 6.54 Å². The van der Waals surface area contributed by atoms with Crippen molar-refractivity contribution in [1.82, 2.24) is 19.7 Å². The first-order valence-corrected chi connectivity index (χ1v) is 7.36. The Morgan fingerprint density at radius 3 is 2.95 bits per heavy atom. The lowest BCUT2D eigenvalue weighted by atomic mass is 10.1. The summed E-state index contributed by atoms with van der Waals surface area (Å²) in [6.45, 7) is 4.06. The van der Waals surface area contributed by atoms with Crippen molar-refractivity contribution in [3.05, 3.63) is 46.5 Å². The average Bonchev–Trinajstić information content (AvgIpc) is 2.97. The number of aromatic nitrogens is 3. The lowest BCUT2D eigenvalue weighted by Gasteiger charge is -2.24. The van der Waals surface area contributed by atoms with Crippen LogP contribution in [0.3, 0.4) is 0 Å². The fraction of sp³-hybridized carbons (Fsp3) is 0.467. The molecule has 3 rings (SSSR count). The van der Waals surface area contributed by atoms with Crippen LogP contribution in [0, 0.1) is 6.92 Å². The van der Waals surface area contributed by atoms with Gasteiger partial charge in [-0.25, -0.2) is 0 Å². The maximum atomic E-state index is 6.42. The molecule has 1 aliphatic rings. The van der Waals surface area contributed by atoms with Crippen molar-refractivity contribution in [2.24, 2.45) is 7.05 Å². The number of likely N-dealkylation sites (tertiary alicyclic amines) is 1. The largest absolute Gasteiger partial charge is 0.292 e. The second kappa shape index (κ2) is 5.54. The molecule has 0 aliphatic carbocycles. The predicted molar refractivity (Wildman–Crippen MR) is 79.6 cm³/mol. The summed E-state index contributed by atoms with van der Waals surface area (Å²) in [6.07, 6.45) is 6.10. The molecule has 1 aliphatic heterocycles. The van der Waals surface area contributed by atoms with Gasteiger partial charge in [0.2, 0.25) is 0 Å². The lowest BCUT2D eigenvalue weighted by Crippen LogP contribution is -2.23. The summed E-state index contributed by atoms with van der Waals surface area (Å²) in [5, 5.41) is 5.21. The SMILES string of the molecule is Cc1nn(C)c(Cl)c1[C@H]1CCCN1Cc1cccnc1. The topological polar surface area (TPSA) is 34.0 Å². The van der Waals surface area contributed by atoms with Crippen LogP contribution in [-0.4, -0.2) is 26.2 Å². The standard InChI is InChI=1S/C15H19ClN4/c1-11-14(15(16)19(2)18-11)13-6-4-8-20(13)10-12-5-3-7-17-9-12/h3,5,7,9,13H,4,6,8,10H2,1-2H3/t13-/m1/s1. The summed E-state index contributed by atoms with van der Waals surface area (Å²) in [4.78, 5) is 6.67. The summed E-state index contributed by atoms with van der Waals surface area (Å²) in [5.74, 6) is 0. The normalized spacial score (nSPS) is 19.6. The zero-order valence-corrected chi connectivity index (χ0v) is 12.6. The summed E-state index contributed by atoms with van der Waals surface area (Å²) in [7, 11) is 1.90. The summed E-state index contributed by atoms with van der Waals surface area (Å²) < 4.78 is 1.77. The monoisotopic (exact) mass is 290 g/mol. The van der Waals surface area contributed by atoms with E-state index >= 15 is 0 Å². The number of rotatable bonds is 3. The van der Waals surface area contributed by atoms with E-state index in [2.05, 4.69) is 21.0 Å². The zero-order valence-electron chi connectivity index (χ0n) is 11.9. The van der Waals surface area contributed by atoms with Crippen LogP contribution in [0.2, 0.25) is 5.15 Å². The quantitative estimate of drug-likeness (QED) is 0.871. The number of pyridine rings is 1. The Bertz CT molecular complexity index is 593. The van der Waals surface area contributed by atoms with E-state index in [9.17, 15) is 0 Å². The molecule has 0 spiro atoms. The molecule has 4 nitrogen and oxygen atoms in total. The summed E-state index contributed by atoms with van der Waals surface area (Å²) in [5.41, 5.74) is 3.48. The minimum atomic E-state index is 0.372. The Morgan fingerprint density at radius 2 is 2.30 bits per heavy atom. The first-order chi connectivity index (χ1) is 9.66. The van der Waals surface area contributed by atoms with Gasteiger partial charge in [-0.15, -0.1) is 0 Å². The number of nitrogens with zero attached hydrogens (tertiary/aromatic N) is 4. The van der Waals surface area contributed by atoms with Crippen LogP contribution in [0.25, 0.3) is 0 Å². The van der Waals surface area contributed by atoms with Gasteiger partial charge in [-0.05, 0) is 37.9 Å². The molecule has 0 unspecified atom stereocenters. The number of aryl methyl sites for hydroxylation is 2. The average molecular weight is 291 g/mol. The van der Waals surface area contributed by atoms with Gasteiger partial charge in [-0.1, -0.05) is 17.7 Å². The molecule has 2 aromatic rings. The van der Waals surface area contributed by atoms with E-state index in [1.807, 2.05) is 32.4 Å². The van der Waals surface area contributed by atoms with Gasteiger partial charge in [0.15, 0.2) is 0 Å². The van der Waals surface area contributed by atoms with Crippen LogP contribution in [0.5, 0.6) is 0 Å². The third-order valence-corrected chi connectivity index (χ3v) is 4.45. The molecule has 1 saturated heterocycles. The van der Waals surface area contributed by atoms with Gasteiger partial charge in [0, 0.05) is 37.6 Å². The van der Waals surface area contributed by atoms with Crippen molar-refractivity contribution in [3.63, 3.8) is 0 Å². The van der Waals surface area contributed by atoms with Crippen LogP contribution in [0.1, 0.15) is 35.7 Å². The molecular weight excluding hydrogens is 272 g/mol. The second-order valence-electron chi connectivity index (χ2n) is 5.40. The molecule has 1 atom stereocenters. The molecular formula is C15H19ClN4. The van der Waals surface area contributed by atoms with E-state index in [1.54, 1.807) is 4.68 Å². The molecule has 3 heterocycles. The van der Waals surface area contributed by atoms with Crippen molar-refractivity contribution in [3.8, 4) is 0 Å². The highest BCUT2D eigenvalue weighted by molar-refractivity contribution is 6.30. The molecule has 5 heteroatoms. The number of halogens is 1. The smallest absolute Gasteiger partial charge is 0.131 e. The highest BCUT2D eigenvalue weighted by Gasteiger charge is 2.30. The molecule has 0 amide bonds. The van der Waals surface area contributed by atoms with E-state index in [-0.39, 0.29) is 0 Å². The van der Waals surface area contributed by atoms with Gasteiger partial charge >= 0.3 is 0 Å². The first kappa shape index (κ1) is 13.6. The van der Waals surface area contributed by atoms with Crippen LogP contribution in [0.15, 0.2) is 24.5 Å². The highest BCUT2D eigenvalue weighted by Crippen LogP contribution is 2.38.